The van der Waals surface area contributed by atoms with E-state index in [2.05, 4.69) is 15.8 Å². The van der Waals surface area contributed by atoms with Crippen LogP contribution in [0.1, 0.15) is 50.6 Å². The molecule has 0 fully saturated rings. The van der Waals surface area contributed by atoms with Gasteiger partial charge < -0.3 is 9.73 Å². The third-order valence-corrected chi connectivity index (χ3v) is 5.91. The Morgan fingerprint density at radius 2 is 1.69 bits per heavy atom. The molecule has 2 N–H and O–H groups in total. The number of aryl methyl sites for hydroxylation is 1. The van der Waals surface area contributed by atoms with Gasteiger partial charge in [-0.2, -0.15) is 5.10 Å². The van der Waals surface area contributed by atoms with Crippen molar-refractivity contribution in [2.24, 2.45) is 5.10 Å². The number of amides is 2. The number of nitrogens with one attached hydrogen (secondary N) is 2. The molecule has 0 aliphatic heterocycles. The lowest BCUT2D eigenvalue weighted by Crippen LogP contribution is -2.22. The molecule has 0 saturated carbocycles. The van der Waals surface area contributed by atoms with Crippen molar-refractivity contribution in [3.8, 4) is 0 Å². The van der Waals surface area contributed by atoms with Gasteiger partial charge in [0.2, 0.25) is 0 Å². The number of anilines is 1. The van der Waals surface area contributed by atoms with Crippen LogP contribution in [-0.2, 0) is 6.42 Å². The van der Waals surface area contributed by atoms with Crippen LogP contribution in [0, 0.1) is 6.92 Å². The van der Waals surface area contributed by atoms with Crippen LogP contribution in [0.2, 0.25) is 15.1 Å². The first kappa shape index (κ1) is 22.4. The number of carbonyl (C=O) groups excluding carboxylic acids is 2. The Hall–Kier alpha value is -2.80. The van der Waals surface area contributed by atoms with Gasteiger partial charge in [0.25, 0.3) is 11.8 Å². The maximum absolute atomic E-state index is 12.9. The van der Waals surface area contributed by atoms with Crippen LogP contribution in [0.4, 0.5) is 5.69 Å². The Labute approximate surface area is 199 Å². The molecule has 0 atom stereocenters. The molecule has 1 heterocycles. The highest BCUT2D eigenvalue weighted by molar-refractivity contribution is 6.36. The van der Waals surface area contributed by atoms with Crippen molar-refractivity contribution in [1.29, 1.82) is 0 Å². The van der Waals surface area contributed by atoms with Gasteiger partial charge in [-0.25, -0.2) is 5.43 Å². The molecule has 1 aliphatic rings. The largest absolute Gasteiger partial charge is 0.455 e. The fraction of sp³-hybridized carbons (Fsp3) is 0.174. The minimum absolute atomic E-state index is 0.180. The van der Waals surface area contributed by atoms with Gasteiger partial charge in [0.1, 0.15) is 5.76 Å². The summed E-state index contributed by atoms with van der Waals surface area (Å²) in [7, 11) is 0. The predicted molar refractivity (Wildman–Crippen MR) is 126 cm³/mol. The summed E-state index contributed by atoms with van der Waals surface area (Å²) in [5.41, 5.74) is 5.52. The molecular formula is C23H18Cl3N3O3. The van der Waals surface area contributed by atoms with Crippen molar-refractivity contribution in [3.05, 3.63) is 85.7 Å². The zero-order chi connectivity index (χ0) is 22.8. The van der Waals surface area contributed by atoms with Crippen molar-refractivity contribution in [2.75, 3.05) is 5.32 Å². The van der Waals surface area contributed by atoms with E-state index in [0.717, 1.165) is 12.0 Å². The van der Waals surface area contributed by atoms with E-state index in [1.165, 1.54) is 0 Å². The highest BCUT2D eigenvalue weighted by atomic mass is 35.5. The van der Waals surface area contributed by atoms with Crippen molar-refractivity contribution in [2.45, 2.75) is 26.2 Å². The second-order valence-corrected chi connectivity index (χ2v) is 8.57. The Balaban J connectivity index is 1.57. The van der Waals surface area contributed by atoms with Crippen LogP contribution in [0.5, 0.6) is 0 Å². The number of hydrogen-bond donors (Lipinski definition) is 2. The molecular weight excluding hydrogens is 473 g/mol. The second-order valence-electron chi connectivity index (χ2n) is 7.29. The highest BCUT2D eigenvalue weighted by Crippen LogP contribution is 2.31. The summed E-state index contributed by atoms with van der Waals surface area (Å²) in [5.74, 6) is 0.0729. The van der Waals surface area contributed by atoms with Crippen LogP contribution >= 0.6 is 34.8 Å². The number of carbonyl (C=O) groups is 2. The first-order chi connectivity index (χ1) is 15.3. The molecule has 3 aromatic rings. The number of rotatable bonds is 4. The van der Waals surface area contributed by atoms with Crippen molar-refractivity contribution < 1.29 is 14.0 Å². The highest BCUT2D eigenvalue weighted by Gasteiger charge is 2.28. The molecule has 2 amide bonds. The molecule has 9 heteroatoms. The van der Waals surface area contributed by atoms with E-state index >= 15 is 0 Å². The zero-order valence-corrected chi connectivity index (χ0v) is 19.2. The Bertz CT molecular complexity index is 1230. The van der Waals surface area contributed by atoms with Gasteiger partial charge in [-0.1, -0.05) is 34.8 Å². The topological polar surface area (TPSA) is 83.7 Å². The molecule has 4 rings (SSSR count). The van der Waals surface area contributed by atoms with Gasteiger partial charge in [-0.15, -0.1) is 0 Å². The van der Waals surface area contributed by atoms with E-state index in [4.69, 9.17) is 39.2 Å². The summed E-state index contributed by atoms with van der Waals surface area (Å²) >= 11 is 17.9. The number of nitrogens with zero attached hydrogens (tertiary/aromatic N) is 1. The molecule has 32 heavy (non-hydrogen) atoms. The molecule has 0 bridgehead atoms. The maximum atomic E-state index is 12.9. The lowest BCUT2D eigenvalue weighted by atomic mass is 9.93. The maximum Gasteiger partial charge on any atom is 0.291 e. The second kappa shape index (κ2) is 9.36. The Kier molecular flexibility index (Phi) is 6.55. The average molecular weight is 491 g/mol. The Morgan fingerprint density at radius 3 is 2.41 bits per heavy atom. The first-order valence-corrected chi connectivity index (χ1v) is 11.0. The third kappa shape index (κ3) is 4.67. The zero-order valence-electron chi connectivity index (χ0n) is 17.0. The molecule has 0 saturated heterocycles. The summed E-state index contributed by atoms with van der Waals surface area (Å²) in [4.78, 5) is 25.3. The molecule has 164 valence electrons. The van der Waals surface area contributed by atoms with Crippen molar-refractivity contribution >= 4 is 58.0 Å². The van der Waals surface area contributed by atoms with Crippen LogP contribution in [0.15, 0.2) is 52.0 Å². The summed E-state index contributed by atoms with van der Waals surface area (Å²) < 4.78 is 5.88. The van der Waals surface area contributed by atoms with Gasteiger partial charge in [-0.3, -0.25) is 9.59 Å². The van der Waals surface area contributed by atoms with E-state index in [1.54, 1.807) is 49.4 Å². The number of furan rings is 1. The van der Waals surface area contributed by atoms with Gasteiger partial charge in [0, 0.05) is 33.2 Å². The smallest absolute Gasteiger partial charge is 0.291 e. The SMILES string of the molecule is Cc1c(C(=O)Nc2ccc(Cl)cc2Cl)oc2c1/C(=N/NC(=O)c1ccc(Cl)cc1)CCC2. The van der Waals surface area contributed by atoms with Crippen LogP contribution in [0.25, 0.3) is 0 Å². The quantitative estimate of drug-likeness (QED) is 0.423. The van der Waals surface area contributed by atoms with Gasteiger partial charge in [0.15, 0.2) is 5.76 Å². The molecule has 0 spiro atoms. The number of benzene rings is 2. The number of hydrogen-bond acceptors (Lipinski definition) is 4. The van der Waals surface area contributed by atoms with Crippen LogP contribution in [0.3, 0.4) is 0 Å². The van der Waals surface area contributed by atoms with Gasteiger partial charge in [-0.05, 0) is 62.2 Å². The minimum atomic E-state index is -0.425. The lowest BCUT2D eigenvalue weighted by molar-refractivity contribution is 0.0953. The molecule has 0 radical (unpaired) electrons. The van der Waals surface area contributed by atoms with E-state index in [1.807, 2.05) is 0 Å². The fourth-order valence-corrected chi connectivity index (χ4v) is 4.13. The predicted octanol–water partition coefficient (Wildman–Crippen LogP) is 6.27. The monoisotopic (exact) mass is 489 g/mol. The molecule has 6 nitrogen and oxygen atoms in total. The normalized spacial score (nSPS) is 14.2. The summed E-state index contributed by atoms with van der Waals surface area (Å²) in [6.07, 6.45) is 2.12. The summed E-state index contributed by atoms with van der Waals surface area (Å²) in [5, 5.41) is 8.42. The lowest BCUT2D eigenvalue weighted by Gasteiger charge is -2.13. The fourth-order valence-electron chi connectivity index (χ4n) is 3.55. The van der Waals surface area contributed by atoms with Gasteiger partial charge in [0.05, 0.1) is 16.4 Å². The van der Waals surface area contributed by atoms with Crippen LogP contribution < -0.4 is 10.7 Å². The first-order valence-electron chi connectivity index (χ1n) is 9.85. The minimum Gasteiger partial charge on any atom is -0.455 e. The molecule has 2 aromatic carbocycles. The van der Waals surface area contributed by atoms with E-state index < -0.39 is 5.91 Å². The van der Waals surface area contributed by atoms with E-state index in [-0.39, 0.29) is 11.7 Å². The number of hydrazone groups is 1. The molecule has 1 aromatic heterocycles. The number of fused-ring (bicyclic) bond motifs is 1. The van der Waals surface area contributed by atoms with Crippen LogP contribution in [-0.4, -0.2) is 17.5 Å². The molecule has 0 unspecified atom stereocenters. The standard InChI is InChI=1S/C23H18Cl3N3O3/c1-12-20-18(28-29-22(30)13-5-7-14(24)8-6-13)3-2-4-19(20)32-21(12)23(31)27-17-10-9-15(25)11-16(17)26/h5-11H,2-4H2,1H3,(H,27,31)(H,29,30)/b28-18+. The van der Waals surface area contributed by atoms with E-state index in [0.29, 0.717) is 56.2 Å². The van der Waals surface area contributed by atoms with Crippen molar-refractivity contribution in [1.82, 2.24) is 5.43 Å². The summed E-state index contributed by atoms with van der Waals surface area (Å²) in [6.45, 7) is 1.79. The Morgan fingerprint density at radius 1 is 0.969 bits per heavy atom. The van der Waals surface area contributed by atoms with Crippen molar-refractivity contribution in [3.63, 3.8) is 0 Å². The molecule has 1 aliphatic carbocycles. The summed E-state index contributed by atoms with van der Waals surface area (Å²) in [6, 6.07) is 11.3. The van der Waals surface area contributed by atoms with Gasteiger partial charge >= 0.3 is 0 Å². The third-order valence-electron chi connectivity index (χ3n) is 5.11. The number of halogens is 3. The van der Waals surface area contributed by atoms with E-state index in [9.17, 15) is 9.59 Å². The average Bonchev–Trinajstić information content (AvgIpc) is 3.12.